The molecule has 0 bridgehead atoms. The van der Waals surface area contributed by atoms with Crippen LogP contribution in [0.25, 0.3) is 0 Å². The summed E-state index contributed by atoms with van der Waals surface area (Å²) >= 11 is 3.33. The number of rotatable bonds is 3. The van der Waals surface area contributed by atoms with E-state index >= 15 is 0 Å². The number of halogens is 1. The van der Waals surface area contributed by atoms with Gasteiger partial charge in [-0.1, -0.05) is 22.0 Å². The van der Waals surface area contributed by atoms with E-state index in [0.717, 1.165) is 36.2 Å². The van der Waals surface area contributed by atoms with Gasteiger partial charge in [0.2, 0.25) is 0 Å². The predicted octanol–water partition coefficient (Wildman–Crippen LogP) is 2.01. The van der Waals surface area contributed by atoms with E-state index in [4.69, 9.17) is 5.26 Å². The second kappa shape index (κ2) is 6.19. The van der Waals surface area contributed by atoms with Gasteiger partial charge in [-0.15, -0.1) is 0 Å². The highest BCUT2D eigenvalue weighted by Crippen LogP contribution is 2.33. The molecule has 1 aliphatic heterocycles. The summed E-state index contributed by atoms with van der Waals surface area (Å²) in [5.41, 5.74) is 0.835. The zero-order chi connectivity index (χ0) is 13.0. The van der Waals surface area contributed by atoms with Crippen molar-refractivity contribution in [2.75, 3.05) is 26.2 Å². The van der Waals surface area contributed by atoms with Gasteiger partial charge >= 0.3 is 0 Å². The molecule has 5 heteroatoms. The van der Waals surface area contributed by atoms with Crippen molar-refractivity contribution >= 4 is 15.9 Å². The summed E-state index contributed by atoms with van der Waals surface area (Å²) < 4.78 is 0.847. The van der Waals surface area contributed by atoms with Crippen LogP contribution >= 0.6 is 15.9 Å². The second-order valence-electron chi connectivity index (χ2n) is 4.37. The van der Waals surface area contributed by atoms with Crippen LogP contribution in [0.15, 0.2) is 22.7 Å². The molecule has 1 aliphatic rings. The molecular formula is C13H16BrN3O. The highest BCUT2D eigenvalue weighted by atomic mass is 79.9. The molecule has 2 rings (SSSR count). The molecule has 2 N–H and O–H groups in total. The van der Waals surface area contributed by atoms with Crippen molar-refractivity contribution in [3.63, 3.8) is 0 Å². The van der Waals surface area contributed by atoms with E-state index in [9.17, 15) is 5.11 Å². The van der Waals surface area contributed by atoms with E-state index in [1.807, 2.05) is 12.1 Å². The van der Waals surface area contributed by atoms with Crippen molar-refractivity contribution in [3.05, 3.63) is 28.2 Å². The largest absolute Gasteiger partial charge is 0.508 e. The summed E-state index contributed by atoms with van der Waals surface area (Å²) in [5.74, 6) is 0.253. The number of hydrogen-bond acceptors (Lipinski definition) is 4. The minimum absolute atomic E-state index is 0.0230. The molecule has 1 saturated heterocycles. The molecule has 1 fully saturated rings. The van der Waals surface area contributed by atoms with Crippen LogP contribution in [0, 0.1) is 11.3 Å². The Morgan fingerprint density at radius 2 is 2.17 bits per heavy atom. The van der Waals surface area contributed by atoms with E-state index in [1.165, 1.54) is 0 Å². The average Bonchev–Trinajstić information content (AvgIpc) is 2.38. The number of phenolic OH excluding ortho intramolecular Hbond substituents is 1. The first-order chi connectivity index (χ1) is 8.72. The number of phenols is 1. The monoisotopic (exact) mass is 309 g/mol. The van der Waals surface area contributed by atoms with Crippen molar-refractivity contribution < 1.29 is 5.11 Å². The topological polar surface area (TPSA) is 59.3 Å². The van der Waals surface area contributed by atoms with Gasteiger partial charge in [-0.2, -0.15) is 5.26 Å². The number of aromatic hydroxyl groups is 1. The molecule has 0 radical (unpaired) electrons. The lowest BCUT2D eigenvalue weighted by Crippen LogP contribution is -2.45. The molecule has 0 aromatic heterocycles. The summed E-state index contributed by atoms with van der Waals surface area (Å²) in [7, 11) is 0. The van der Waals surface area contributed by atoms with Crippen molar-refractivity contribution in [1.82, 2.24) is 10.2 Å². The molecule has 1 heterocycles. The molecular weight excluding hydrogens is 294 g/mol. The van der Waals surface area contributed by atoms with Crippen LogP contribution in [0.2, 0.25) is 0 Å². The summed E-state index contributed by atoms with van der Waals surface area (Å²) in [4.78, 5) is 2.25. The maximum absolute atomic E-state index is 10.0. The van der Waals surface area contributed by atoms with E-state index < -0.39 is 0 Å². The van der Waals surface area contributed by atoms with Crippen molar-refractivity contribution in [1.29, 1.82) is 5.26 Å². The van der Waals surface area contributed by atoms with Crippen LogP contribution in [0.5, 0.6) is 5.75 Å². The Hall–Kier alpha value is -1.09. The number of nitrogens with one attached hydrogen (secondary N) is 1. The Bertz CT molecular complexity index is 452. The molecule has 0 saturated carbocycles. The molecule has 18 heavy (non-hydrogen) atoms. The van der Waals surface area contributed by atoms with Gasteiger partial charge in [-0.3, -0.25) is 4.90 Å². The highest BCUT2D eigenvalue weighted by molar-refractivity contribution is 9.10. The number of benzene rings is 1. The van der Waals surface area contributed by atoms with Crippen LogP contribution in [0.1, 0.15) is 18.0 Å². The normalized spacial score (nSPS) is 18.2. The van der Waals surface area contributed by atoms with E-state index in [-0.39, 0.29) is 11.8 Å². The van der Waals surface area contributed by atoms with Crippen molar-refractivity contribution in [2.45, 2.75) is 12.5 Å². The fraction of sp³-hybridized carbons (Fsp3) is 0.462. The Labute approximate surface area is 115 Å². The van der Waals surface area contributed by atoms with Crippen molar-refractivity contribution in [2.24, 2.45) is 0 Å². The number of nitrogens with zero attached hydrogens (tertiary/aromatic N) is 2. The first-order valence-corrected chi connectivity index (χ1v) is 6.82. The molecule has 0 spiro atoms. The van der Waals surface area contributed by atoms with Crippen LogP contribution in [0.3, 0.4) is 0 Å². The van der Waals surface area contributed by atoms with Crippen LogP contribution in [-0.2, 0) is 0 Å². The first-order valence-electron chi connectivity index (χ1n) is 6.02. The smallest absolute Gasteiger partial charge is 0.121 e. The Kier molecular flexibility index (Phi) is 4.59. The van der Waals surface area contributed by atoms with E-state index in [2.05, 4.69) is 32.2 Å². The summed E-state index contributed by atoms with van der Waals surface area (Å²) in [6.07, 6.45) is 0.398. The van der Waals surface area contributed by atoms with E-state index in [1.54, 1.807) is 6.07 Å². The summed E-state index contributed by atoms with van der Waals surface area (Å²) in [5, 5.41) is 22.3. The van der Waals surface area contributed by atoms with Gasteiger partial charge in [-0.25, -0.2) is 0 Å². The molecule has 1 aromatic rings. The zero-order valence-electron chi connectivity index (χ0n) is 10.1. The van der Waals surface area contributed by atoms with Crippen molar-refractivity contribution in [3.8, 4) is 11.8 Å². The molecule has 0 unspecified atom stereocenters. The lowest BCUT2D eigenvalue weighted by Gasteiger charge is -2.34. The molecule has 4 nitrogen and oxygen atoms in total. The van der Waals surface area contributed by atoms with Gasteiger partial charge < -0.3 is 10.4 Å². The zero-order valence-corrected chi connectivity index (χ0v) is 11.7. The standard InChI is InChI=1S/C13H16BrN3O/c14-10-1-2-11(13(18)9-10)12(3-4-15)17-7-5-16-6-8-17/h1-2,9,12,16,18H,3,5-8H2/t12-/m0/s1. The maximum Gasteiger partial charge on any atom is 0.121 e. The Morgan fingerprint density at radius 1 is 1.44 bits per heavy atom. The lowest BCUT2D eigenvalue weighted by atomic mass is 10.0. The van der Waals surface area contributed by atoms with Gasteiger partial charge in [0.15, 0.2) is 0 Å². The minimum atomic E-state index is -0.0230. The summed E-state index contributed by atoms with van der Waals surface area (Å²) in [6.45, 7) is 3.67. The fourth-order valence-electron chi connectivity index (χ4n) is 2.31. The predicted molar refractivity (Wildman–Crippen MR) is 73.2 cm³/mol. The lowest BCUT2D eigenvalue weighted by molar-refractivity contribution is 0.173. The maximum atomic E-state index is 10.0. The van der Waals surface area contributed by atoms with Crippen LogP contribution in [0.4, 0.5) is 0 Å². The molecule has 1 aromatic carbocycles. The van der Waals surface area contributed by atoms with Crippen LogP contribution < -0.4 is 5.32 Å². The number of hydrogen-bond donors (Lipinski definition) is 2. The van der Waals surface area contributed by atoms with Gasteiger partial charge in [0.1, 0.15) is 5.75 Å². The first kappa shape index (κ1) is 13.3. The SMILES string of the molecule is N#CC[C@@H](c1ccc(Br)cc1O)N1CCNCC1. The quantitative estimate of drug-likeness (QED) is 0.897. The third kappa shape index (κ3) is 3.02. The van der Waals surface area contributed by atoms with Crippen LogP contribution in [-0.4, -0.2) is 36.2 Å². The van der Waals surface area contributed by atoms with Gasteiger partial charge in [0, 0.05) is 36.2 Å². The molecule has 96 valence electrons. The third-order valence-electron chi connectivity index (χ3n) is 3.23. The number of nitriles is 1. The average molecular weight is 310 g/mol. The van der Waals surface area contributed by atoms with E-state index in [0.29, 0.717) is 6.42 Å². The molecule has 0 aliphatic carbocycles. The highest BCUT2D eigenvalue weighted by Gasteiger charge is 2.24. The van der Waals surface area contributed by atoms with Gasteiger partial charge in [-0.05, 0) is 12.1 Å². The summed E-state index contributed by atoms with van der Waals surface area (Å²) in [6, 6.07) is 7.68. The molecule has 0 amide bonds. The molecule has 1 atom stereocenters. The Morgan fingerprint density at radius 3 is 2.78 bits per heavy atom. The number of piperazine rings is 1. The Balaban J connectivity index is 2.25. The third-order valence-corrected chi connectivity index (χ3v) is 3.72. The van der Waals surface area contributed by atoms with Gasteiger partial charge in [0.25, 0.3) is 0 Å². The second-order valence-corrected chi connectivity index (χ2v) is 5.28. The fourth-order valence-corrected chi connectivity index (χ4v) is 2.66. The minimum Gasteiger partial charge on any atom is -0.508 e. The van der Waals surface area contributed by atoms with Gasteiger partial charge in [0.05, 0.1) is 18.5 Å².